The number of nitro groups is 1. The molecule has 0 aromatic heterocycles. The van der Waals surface area contributed by atoms with E-state index in [0.29, 0.717) is 11.8 Å². The molecule has 2 aliphatic rings. The molecule has 0 heterocycles. The van der Waals surface area contributed by atoms with Gasteiger partial charge in [-0.3, -0.25) is 30.6 Å². The van der Waals surface area contributed by atoms with Crippen LogP contribution in [0.2, 0.25) is 5.02 Å². The Morgan fingerprint density at radius 1 is 1.17 bits per heavy atom. The van der Waals surface area contributed by atoms with Gasteiger partial charge in [-0.25, -0.2) is 0 Å². The van der Waals surface area contributed by atoms with E-state index in [2.05, 4.69) is 10.9 Å². The van der Waals surface area contributed by atoms with Gasteiger partial charge in [0.05, 0.1) is 4.92 Å². The topological polar surface area (TPSA) is 101 Å². The quantitative estimate of drug-likeness (QED) is 0.653. The molecule has 0 bridgehead atoms. The molecule has 2 fully saturated rings. The highest BCUT2D eigenvalue weighted by Gasteiger charge is 2.54. The third kappa shape index (κ3) is 3.14. The predicted molar refractivity (Wildman–Crippen MR) is 82.7 cm³/mol. The van der Waals surface area contributed by atoms with E-state index in [4.69, 9.17) is 11.6 Å². The van der Waals surface area contributed by atoms with Crippen molar-refractivity contribution in [2.75, 3.05) is 0 Å². The summed E-state index contributed by atoms with van der Waals surface area (Å²) in [4.78, 5) is 34.2. The van der Waals surface area contributed by atoms with Crippen LogP contribution in [-0.2, 0) is 4.79 Å². The minimum absolute atomic E-state index is 0.0163. The summed E-state index contributed by atoms with van der Waals surface area (Å²) in [5.74, 6) is 0.0762. The van der Waals surface area contributed by atoms with Gasteiger partial charge in [0.2, 0.25) is 5.91 Å². The lowest BCUT2D eigenvalue weighted by Crippen LogP contribution is -2.42. The standard InChI is InChI=1S/C15H16ClN3O4/c16-11-6-5-8(7-12(11)19(22)23)14(20)17-18-15(21)13-9-3-1-2-4-10(9)13/h5-7,9-10,13H,1-4H2,(H,17,20)(H,18,21). The molecular weight excluding hydrogens is 322 g/mol. The first-order valence-corrected chi connectivity index (χ1v) is 7.91. The number of rotatable bonds is 3. The van der Waals surface area contributed by atoms with Crippen LogP contribution in [0.3, 0.4) is 0 Å². The van der Waals surface area contributed by atoms with Crippen molar-refractivity contribution in [2.45, 2.75) is 25.7 Å². The fourth-order valence-electron chi connectivity index (χ4n) is 3.45. The van der Waals surface area contributed by atoms with Crippen LogP contribution in [-0.4, -0.2) is 16.7 Å². The van der Waals surface area contributed by atoms with E-state index < -0.39 is 10.8 Å². The largest absolute Gasteiger partial charge is 0.288 e. The van der Waals surface area contributed by atoms with Crippen LogP contribution in [0.1, 0.15) is 36.0 Å². The van der Waals surface area contributed by atoms with E-state index in [1.54, 1.807) is 0 Å². The van der Waals surface area contributed by atoms with Crippen LogP contribution in [0, 0.1) is 27.9 Å². The second-order valence-electron chi connectivity index (χ2n) is 6.00. The first-order valence-electron chi connectivity index (χ1n) is 7.53. The average molecular weight is 338 g/mol. The van der Waals surface area contributed by atoms with Crippen LogP contribution in [0.5, 0.6) is 0 Å². The Bertz CT molecular complexity index is 667. The average Bonchev–Trinajstić information content (AvgIpc) is 3.27. The zero-order chi connectivity index (χ0) is 16.6. The molecule has 1 aromatic carbocycles. The zero-order valence-corrected chi connectivity index (χ0v) is 13.0. The maximum atomic E-state index is 12.1. The monoisotopic (exact) mass is 337 g/mol. The van der Waals surface area contributed by atoms with Gasteiger partial charge in [0.15, 0.2) is 0 Å². The summed E-state index contributed by atoms with van der Waals surface area (Å²) in [6, 6.07) is 3.74. The number of hydrogen-bond acceptors (Lipinski definition) is 4. The Morgan fingerprint density at radius 3 is 2.43 bits per heavy atom. The van der Waals surface area contributed by atoms with Crippen LogP contribution in [0.15, 0.2) is 18.2 Å². The Morgan fingerprint density at radius 2 is 1.83 bits per heavy atom. The first-order chi connectivity index (χ1) is 11.0. The number of halogens is 1. The van der Waals surface area contributed by atoms with Crippen molar-refractivity contribution in [1.29, 1.82) is 0 Å². The number of carbonyl (C=O) groups is 2. The van der Waals surface area contributed by atoms with Gasteiger partial charge in [-0.15, -0.1) is 0 Å². The van der Waals surface area contributed by atoms with E-state index in [0.717, 1.165) is 31.7 Å². The lowest BCUT2D eigenvalue weighted by Gasteiger charge is -2.07. The van der Waals surface area contributed by atoms with Crippen LogP contribution in [0.25, 0.3) is 0 Å². The molecule has 2 N–H and O–H groups in total. The molecule has 2 atom stereocenters. The van der Waals surface area contributed by atoms with E-state index in [1.807, 2.05) is 0 Å². The first kappa shape index (κ1) is 15.7. The van der Waals surface area contributed by atoms with Crippen LogP contribution >= 0.6 is 11.6 Å². The second kappa shape index (κ2) is 6.16. The van der Waals surface area contributed by atoms with E-state index in [9.17, 15) is 19.7 Å². The van der Waals surface area contributed by atoms with Crippen molar-refractivity contribution in [3.63, 3.8) is 0 Å². The molecule has 2 unspecified atom stereocenters. The Kier molecular flexibility index (Phi) is 4.21. The van der Waals surface area contributed by atoms with Gasteiger partial charge in [-0.2, -0.15) is 0 Å². The molecule has 0 radical (unpaired) electrons. The number of hydrogen-bond donors (Lipinski definition) is 2. The van der Waals surface area contributed by atoms with Gasteiger partial charge in [0.1, 0.15) is 5.02 Å². The number of hydrazine groups is 1. The van der Waals surface area contributed by atoms with Crippen LogP contribution < -0.4 is 10.9 Å². The second-order valence-corrected chi connectivity index (χ2v) is 6.41. The van der Waals surface area contributed by atoms with Gasteiger partial charge in [-0.1, -0.05) is 24.4 Å². The smallest absolute Gasteiger partial charge is 0.273 e. The molecule has 7 nitrogen and oxygen atoms in total. The zero-order valence-electron chi connectivity index (χ0n) is 12.3. The molecule has 0 aliphatic heterocycles. The lowest BCUT2D eigenvalue weighted by atomic mass is 10.0. The fourth-order valence-corrected chi connectivity index (χ4v) is 3.64. The lowest BCUT2D eigenvalue weighted by molar-refractivity contribution is -0.384. The molecular formula is C15H16ClN3O4. The molecule has 0 saturated heterocycles. The summed E-state index contributed by atoms with van der Waals surface area (Å²) in [6.45, 7) is 0. The minimum Gasteiger partial charge on any atom is -0.273 e. The summed E-state index contributed by atoms with van der Waals surface area (Å²) in [5.41, 5.74) is 4.45. The summed E-state index contributed by atoms with van der Waals surface area (Å²) in [5, 5.41) is 10.8. The van der Waals surface area contributed by atoms with Crippen molar-refractivity contribution in [3.8, 4) is 0 Å². The number of nitrogens with one attached hydrogen (secondary N) is 2. The molecule has 23 heavy (non-hydrogen) atoms. The number of nitro benzene ring substituents is 1. The van der Waals surface area contributed by atoms with E-state index in [-0.39, 0.29) is 28.1 Å². The number of nitrogens with zero attached hydrogens (tertiary/aromatic N) is 1. The molecule has 122 valence electrons. The molecule has 2 saturated carbocycles. The molecule has 0 spiro atoms. The van der Waals surface area contributed by atoms with E-state index in [1.165, 1.54) is 12.1 Å². The molecule has 2 amide bonds. The van der Waals surface area contributed by atoms with Gasteiger partial charge in [0, 0.05) is 17.5 Å². The van der Waals surface area contributed by atoms with Crippen molar-refractivity contribution < 1.29 is 14.5 Å². The highest BCUT2D eigenvalue weighted by Crippen LogP contribution is 2.55. The van der Waals surface area contributed by atoms with Crippen molar-refractivity contribution in [2.24, 2.45) is 17.8 Å². The number of amides is 2. The molecule has 2 aliphatic carbocycles. The Labute approximate surface area is 137 Å². The summed E-state index contributed by atoms with van der Waals surface area (Å²) >= 11 is 5.70. The highest BCUT2D eigenvalue weighted by atomic mass is 35.5. The maximum absolute atomic E-state index is 12.1. The number of benzene rings is 1. The van der Waals surface area contributed by atoms with Gasteiger partial charge in [-0.05, 0) is 36.8 Å². The summed E-state index contributed by atoms with van der Waals surface area (Å²) in [6.07, 6.45) is 4.46. The maximum Gasteiger partial charge on any atom is 0.288 e. The minimum atomic E-state index is -0.660. The number of carbonyl (C=O) groups excluding carboxylic acids is 2. The summed E-state index contributed by atoms with van der Waals surface area (Å²) in [7, 11) is 0. The highest BCUT2D eigenvalue weighted by molar-refractivity contribution is 6.32. The van der Waals surface area contributed by atoms with Crippen molar-refractivity contribution in [3.05, 3.63) is 38.9 Å². The third-order valence-electron chi connectivity index (χ3n) is 4.66. The Balaban J connectivity index is 1.58. The van der Waals surface area contributed by atoms with Crippen molar-refractivity contribution >= 4 is 29.1 Å². The number of fused-ring (bicyclic) bond motifs is 1. The van der Waals surface area contributed by atoms with Gasteiger partial charge in [0.25, 0.3) is 11.6 Å². The van der Waals surface area contributed by atoms with Gasteiger partial charge >= 0.3 is 0 Å². The van der Waals surface area contributed by atoms with Crippen molar-refractivity contribution in [1.82, 2.24) is 10.9 Å². The third-order valence-corrected chi connectivity index (χ3v) is 4.98. The Hall–Kier alpha value is -2.15. The molecule has 3 rings (SSSR count). The van der Waals surface area contributed by atoms with Crippen LogP contribution in [0.4, 0.5) is 5.69 Å². The normalized spacial score (nSPS) is 25.2. The predicted octanol–water partition coefficient (Wildman–Crippen LogP) is 2.45. The van der Waals surface area contributed by atoms with E-state index >= 15 is 0 Å². The summed E-state index contributed by atoms with van der Waals surface area (Å²) < 4.78 is 0. The van der Waals surface area contributed by atoms with Gasteiger partial charge < -0.3 is 0 Å². The SMILES string of the molecule is O=C(NNC(=O)C1C2CCCCC21)c1ccc(Cl)c([N+](=O)[O-])c1. The molecule has 1 aromatic rings. The molecule has 8 heteroatoms. The fraction of sp³-hybridized carbons (Fsp3) is 0.467.